The van der Waals surface area contributed by atoms with Gasteiger partial charge in [-0.25, -0.2) is 0 Å². The molecule has 0 saturated carbocycles. The van der Waals surface area contributed by atoms with Crippen LogP contribution in [0.3, 0.4) is 0 Å². The summed E-state index contributed by atoms with van der Waals surface area (Å²) in [6.45, 7) is 1.44. The van der Waals surface area contributed by atoms with Crippen LogP contribution in [0.1, 0.15) is 15.9 Å². The van der Waals surface area contributed by atoms with Gasteiger partial charge in [-0.15, -0.1) is 0 Å². The Bertz CT molecular complexity index is 1090. The molecule has 6 heteroatoms. The van der Waals surface area contributed by atoms with E-state index in [0.717, 1.165) is 29.4 Å². The number of allylic oxidation sites excluding steroid dienone is 4. The summed E-state index contributed by atoms with van der Waals surface area (Å²) in [6.07, 6.45) is 3.31. The minimum Gasteiger partial charge on any atom is -0.497 e. The maximum atomic E-state index is 13.3. The molecule has 0 radical (unpaired) electrons. The molecule has 0 bridgehead atoms. The highest BCUT2D eigenvalue weighted by Crippen LogP contribution is 2.37. The molecule has 0 aromatic heterocycles. The lowest BCUT2D eigenvalue weighted by atomic mass is 9.91. The molecule has 29 heavy (non-hydrogen) atoms. The lowest BCUT2D eigenvalue weighted by molar-refractivity contribution is 0.103. The first-order chi connectivity index (χ1) is 14.1. The number of rotatable bonds is 4. The molecule has 0 aliphatic carbocycles. The maximum Gasteiger partial charge on any atom is 0.197 e. The second-order valence-electron chi connectivity index (χ2n) is 6.62. The summed E-state index contributed by atoms with van der Waals surface area (Å²) in [5.41, 5.74) is 3.51. The fourth-order valence-corrected chi connectivity index (χ4v) is 3.69. The summed E-state index contributed by atoms with van der Waals surface area (Å²) >= 11 is 5.96. The van der Waals surface area contributed by atoms with Gasteiger partial charge in [0.1, 0.15) is 11.6 Å². The molecule has 0 atom stereocenters. The van der Waals surface area contributed by atoms with Gasteiger partial charge in [0, 0.05) is 35.3 Å². The van der Waals surface area contributed by atoms with E-state index in [4.69, 9.17) is 16.3 Å². The monoisotopic (exact) mass is 403 g/mol. The molecule has 5 nitrogen and oxygen atoms in total. The number of nitrogens with one attached hydrogen (secondary N) is 1. The Morgan fingerprint density at radius 1 is 1.21 bits per heavy atom. The number of halogens is 1. The van der Waals surface area contributed by atoms with Crippen molar-refractivity contribution in [1.82, 2.24) is 10.2 Å². The van der Waals surface area contributed by atoms with Crippen LogP contribution in [0.25, 0.3) is 5.70 Å². The van der Waals surface area contributed by atoms with Gasteiger partial charge in [-0.3, -0.25) is 4.79 Å². The van der Waals surface area contributed by atoms with Crippen molar-refractivity contribution >= 4 is 23.1 Å². The quantitative estimate of drug-likeness (QED) is 0.613. The van der Waals surface area contributed by atoms with E-state index in [1.54, 1.807) is 31.4 Å². The first-order valence-corrected chi connectivity index (χ1v) is 9.52. The Labute approximate surface area is 174 Å². The normalized spacial score (nSPS) is 16.8. The van der Waals surface area contributed by atoms with E-state index in [1.165, 1.54) is 6.08 Å². The van der Waals surface area contributed by atoms with Gasteiger partial charge in [-0.1, -0.05) is 11.6 Å². The molecule has 144 valence electrons. The molecule has 1 N–H and O–H groups in total. The van der Waals surface area contributed by atoms with Gasteiger partial charge in [-0.2, -0.15) is 5.26 Å². The predicted molar refractivity (Wildman–Crippen MR) is 112 cm³/mol. The maximum absolute atomic E-state index is 13.3. The third-order valence-corrected chi connectivity index (χ3v) is 5.20. The van der Waals surface area contributed by atoms with Crippen LogP contribution in [0.2, 0.25) is 5.02 Å². The Morgan fingerprint density at radius 3 is 2.59 bits per heavy atom. The van der Waals surface area contributed by atoms with Crippen LogP contribution in [-0.4, -0.2) is 30.9 Å². The van der Waals surface area contributed by atoms with Gasteiger partial charge in [0.2, 0.25) is 0 Å². The molecule has 1 fully saturated rings. The number of methoxy groups -OCH3 is 1. The Kier molecular flexibility index (Phi) is 5.11. The number of fused-ring (bicyclic) bond motifs is 1. The Morgan fingerprint density at radius 2 is 1.93 bits per heavy atom. The largest absolute Gasteiger partial charge is 0.497 e. The summed E-state index contributed by atoms with van der Waals surface area (Å²) in [7, 11) is 1.63. The van der Waals surface area contributed by atoms with Crippen LogP contribution in [0, 0.1) is 11.3 Å². The predicted octanol–water partition coefficient (Wildman–Crippen LogP) is 4.15. The Balaban J connectivity index is 1.80. The highest BCUT2D eigenvalue weighted by Gasteiger charge is 2.33. The van der Waals surface area contributed by atoms with Crippen LogP contribution in [-0.2, 0) is 0 Å². The molecule has 0 amide bonds. The number of Topliss-reactive ketones (excluding diaryl/α,β-unsaturated/α-hetero) is 1. The van der Waals surface area contributed by atoms with Gasteiger partial charge < -0.3 is 15.0 Å². The van der Waals surface area contributed by atoms with Gasteiger partial charge in [0.25, 0.3) is 0 Å². The zero-order valence-corrected chi connectivity index (χ0v) is 16.5. The van der Waals surface area contributed by atoms with E-state index in [9.17, 15) is 10.1 Å². The fraction of sp³-hybridized carbons (Fsp3) is 0.130. The van der Waals surface area contributed by atoms with Crippen molar-refractivity contribution in [3.8, 4) is 11.8 Å². The van der Waals surface area contributed by atoms with Crippen LogP contribution < -0.4 is 10.1 Å². The second-order valence-corrected chi connectivity index (χ2v) is 7.06. The van der Waals surface area contributed by atoms with Crippen molar-refractivity contribution in [2.75, 3.05) is 20.2 Å². The first-order valence-electron chi connectivity index (χ1n) is 9.14. The summed E-state index contributed by atoms with van der Waals surface area (Å²) in [6, 6.07) is 16.6. The van der Waals surface area contributed by atoms with Crippen molar-refractivity contribution in [3.63, 3.8) is 0 Å². The van der Waals surface area contributed by atoms with E-state index < -0.39 is 0 Å². The minimum absolute atomic E-state index is 0.150. The van der Waals surface area contributed by atoms with Crippen molar-refractivity contribution in [2.24, 2.45) is 0 Å². The van der Waals surface area contributed by atoms with Crippen molar-refractivity contribution in [3.05, 3.63) is 93.8 Å². The Hall–Kier alpha value is -3.49. The zero-order chi connectivity index (χ0) is 20.4. The molecule has 0 unspecified atom stereocenters. The molecule has 4 rings (SSSR count). The summed E-state index contributed by atoms with van der Waals surface area (Å²) in [4.78, 5) is 15.4. The summed E-state index contributed by atoms with van der Waals surface area (Å²) < 4.78 is 5.25. The SMILES string of the molecule is COc1ccc(C2=C/C(=C/C#N)C(C(=O)c3ccc(Cl)cc3)=C3NCCN23)cc1. The third kappa shape index (κ3) is 3.51. The second kappa shape index (κ2) is 7.86. The van der Waals surface area contributed by atoms with Crippen LogP contribution >= 0.6 is 11.6 Å². The molecule has 0 spiro atoms. The van der Waals surface area contributed by atoms with Crippen LogP contribution in [0.5, 0.6) is 5.75 Å². The highest BCUT2D eigenvalue weighted by molar-refractivity contribution is 6.30. The van der Waals surface area contributed by atoms with Gasteiger partial charge in [0.15, 0.2) is 5.78 Å². The lowest BCUT2D eigenvalue weighted by Gasteiger charge is -2.30. The van der Waals surface area contributed by atoms with E-state index in [-0.39, 0.29) is 5.78 Å². The number of hydrogen-bond acceptors (Lipinski definition) is 5. The van der Waals surface area contributed by atoms with Gasteiger partial charge in [-0.05, 0) is 60.2 Å². The molecular weight excluding hydrogens is 386 g/mol. The van der Waals surface area contributed by atoms with E-state index in [1.807, 2.05) is 30.3 Å². The molecular formula is C23H18ClN3O2. The standard InChI is InChI=1S/C23H18ClN3O2/c1-29-19-8-4-15(5-9-19)20-14-17(10-11-25)21(23-26-12-13-27(20)23)22(28)16-2-6-18(24)7-3-16/h2-10,14,26H,12-13H2,1H3/b17-10-. The fourth-order valence-electron chi connectivity index (χ4n) is 3.56. The molecule has 2 aliphatic rings. The number of carbonyl (C=O) groups excluding carboxylic acids is 1. The van der Waals surface area contributed by atoms with E-state index >= 15 is 0 Å². The number of hydrogen-bond donors (Lipinski definition) is 1. The van der Waals surface area contributed by atoms with Crippen molar-refractivity contribution in [1.29, 1.82) is 5.26 Å². The summed E-state index contributed by atoms with van der Waals surface area (Å²) in [5, 5.41) is 13.2. The number of nitrogens with zero attached hydrogens (tertiary/aromatic N) is 2. The molecule has 2 aliphatic heterocycles. The van der Waals surface area contributed by atoms with Gasteiger partial charge >= 0.3 is 0 Å². The van der Waals surface area contributed by atoms with Crippen LogP contribution in [0.4, 0.5) is 0 Å². The van der Waals surface area contributed by atoms with Crippen LogP contribution in [0.15, 0.2) is 77.7 Å². The van der Waals surface area contributed by atoms with Crippen molar-refractivity contribution in [2.45, 2.75) is 0 Å². The van der Waals surface area contributed by atoms with Gasteiger partial charge in [0.05, 0.1) is 24.4 Å². The summed E-state index contributed by atoms with van der Waals surface area (Å²) in [5.74, 6) is 1.34. The van der Waals surface area contributed by atoms with E-state index in [2.05, 4.69) is 16.3 Å². The van der Waals surface area contributed by atoms with E-state index in [0.29, 0.717) is 28.3 Å². The lowest BCUT2D eigenvalue weighted by Crippen LogP contribution is -2.27. The topological polar surface area (TPSA) is 65.4 Å². The average molecular weight is 404 g/mol. The number of nitriles is 1. The average Bonchev–Trinajstić information content (AvgIpc) is 3.23. The molecule has 1 saturated heterocycles. The number of ketones is 1. The molecule has 2 aromatic rings. The zero-order valence-electron chi connectivity index (χ0n) is 15.8. The number of benzene rings is 2. The molecule has 2 aromatic carbocycles. The number of ether oxygens (including phenoxy) is 1. The first kappa shape index (κ1) is 18.9. The minimum atomic E-state index is -0.150. The molecule has 2 heterocycles. The third-order valence-electron chi connectivity index (χ3n) is 4.95. The smallest absolute Gasteiger partial charge is 0.197 e. The van der Waals surface area contributed by atoms with Crippen molar-refractivity contribution < 1.29 is 9.53 Å². The highest BCUT2D eigenvalue weighted by atomic mass is 35.5. The number of carbonyl (C=O) groups is 1.